The third-order valence-corrected chi connectivity index (χ3v) is 5.26. The third kappa shape index (κ3) is 4.19. The summed E-state index contributed by atoms with van der Waals surface area (Å²) in [6.07, 6.45) is 0. The van der Waals surface area contributed by atoms with E-state index in [1.54, 1.807) is 6.92 Å². The molecule has 0 fully saturated rings. The first kappa shape index (κ1) is 18.1. The lowest BCUT2D eigenvalue weighted by atomic mass is 10.2. The standard InChI is InChI=1S/C14H16F2N2O5S/c1-8(13-17-9(2)18-23-13)24(19,20)7-10-4-5-11(22-14(15)16)12(6-10)21-3/h4-6,8,14H,7H2,1-3H3/t8-/m1/s1. The van der Waals surface area contributed by atoms with Crippen LogP contribution in [0.4, 0.5) is 8.78 Å². The Morgan fingerprint density at radius 1 is 1.29 bits per heavy atom. The normalized spacial score (nSPS) is 13.1. The second-order valence-corrected chi connectivity index (χ2v) is 7.31. The molecule has 0 aliphatic heterocycles. The molecule has 2 aromatic rings. The quantitative estimate of drug-likeness (QED) is 0.748. The van der Waals surface area contributed by atoms with E-state index in [4.69, 9.17) is 9.26 Å². The Morgan fingerprint density at radius 2 is 2.00 bits per heavy atom. The summed E-state index contributed by atoms with van der Waals surface area (Å²) < 4.78 is 63.7. The average Bonchev–Trinajstić information content (AvgIpc) is 2.93. The number of methoxy groups -OCH3 is 1. The summed E-state index contributed by atoms with van der Waals surface area (Å²) in [6.45, 7) is 0.0153. The number of hydrogen-bond acceptors (Lipinski definition) is 7. The van der Waals surface area contributed by atoms with Crippen molar-refractivity contribution in [2.75, 3.05) is 7.11 Å². The monoisotopic (exact) mass is 362 g/mol. The van der Waals surface area contributed by atoms with Crippen LogP contribution in [0.3, 0.4) is 0 Å². The lowest BCUT2D eigenvalue weighted by Crippen LogP contribution is -2.13. The molecule has 10 heteroatoms. The van der Waals surface area contributed by atoms with Crippen molar-refractivity contribution in [1.29, 1.82) is 0 Å². The molecule has 0 spiro atoms. The molecule has 0 aliphatic rings. The molecule has 0 unspecified atom stereocenters. The Morgan fingerprint density at radius 3 is 2.54 bits per heavy atom. The molecule has 0 saturated carbocycles. The van der Waals surface area contributed by atoms with Crippen molar-refractivity contribution < 1.29 is 31.2 Å². The molecule has 1 heterocycles. The van der Waals surface area contributed by atoms with E-state index in [-0.39, 0.29) is 23.1 Å². The minimum Gasteiger partial charge on any atom is -0.493 e. The maximum atomic E-state index is 12.5. The van der Waals surface area contributed by atoms with Crippen LogP contribution in [-0.4, -0.2) is 32.3 Å². The summed E-state index contributed by atoms with van der Waals surface area (Å²) in [7, 11) is -2.38. The number of nitrogens with zero attached hydrogens (tertiary/aromatic N) is 2. The Hall–Kier alpha value is -2.23. The number of rotatable bonds is 7. The molecule has 1 aromatic heterocycles. The molecule has 1 atom stereocenters. The molecule has 2 rings (SSSR count). The zero-order valence-electron chi connectivity index (χ0n) is 13.2. The van der Waals surface area contributed by atoms with E-state index in [9.17, 15) is 17.2 Å². The molecule has 0 radical (unpaired) electrons. The SMILES string of the molecule is COc1cc(CS(=O)(=O)[C@H](C)c2nc(C)no2)ccc1OC(F)F. The van der Waals surface area contributed by atoms with Crippen molar-refractivity contribution in [2.24, 2.45) is 0 Å². The van der Waals surface area contributed by atoms with E-state index >= 15 is 0 Å². The van der Waals surface area contributed by atoms with Crippen LogP contribution in [-0.2, 0) is 15.6 Å². The molecule has 0 bridgehead atoms. The predicted molar refractivity (Wildman–Crippen MR) is 79.7 cm³/mol. The van der Waals surface area contributed by atoms with Crippen LogP contribution in [0, 0.1) is 6.92 Å². The first-order valence-electron chi connectivity index (χ1n) is 6.86. The van der Waals surface area contributed by atoms with Gasteiger partial charge in [-0.25, -0.2) is 8.42 Å². The molecule has 0 N–H and O–H groups in total. The first-order chi connectivity index (χ1) is 11.2. The molecule has 0 amide bonds. The maximum Gasteiger partial charge on any atom is 0.387 e. The smallest absolute Gasteiger partial charge is 0.387 e. The number of alkyl halides is 2. The van der Waals surface area contributed by atoms with Crippen molar-refractivity contribution >= 4 is 9.84 Å². The summed E-state index contributed by atoms with van der Waals surface area (Å²) in [4.78, 5) is 3.91. The number of sulfone groups is 1. The Bertz CT molecular complexity index is 807. The van der Waals surface area contributed by atoms with Crippen molar-refractivity contribution in [3.05, 3.63) is 35.5 Å². The largest absolute Gasteiger partial charge is 0.493 e. The molecular formula is C14H16F2N2O5S. The molecular weight excluding hydrogens is 346 g/mol. The summed E-state index contributed by atoms with van der Waals surface area (Å²) in [5, 5.41) is 2.57. The second-order valence-electron chi connectivity index (χ2n) is 4.99. The number of ether oxygens (including phenoxy) is 2. The van der Waals surface area contributed by atoms with Gasteiger partial charge in [0.25, 0.3) is 0 Å². The number of aromatic nitrogens is 2. The van der Waals surface area contributed by atoms with Gasteiger partial charge in [0.2, 0.25) is 5.89 Å². The minimum absolute atomic E-state index is 0.00267. The van der Waals surface area contributed by atoms with Crippen molar-refractivity contribution in [2.45, 2.75) is 31.5 Å². The molecule has 1 aromatic carbocycles. The van der Waals surface area contributed by atoms with Gasteiger partial charge in [-0.3, -0.25) is 0 Å². The number of hydrogen-bond donors (Lipinski definition) is 0. The molecule has 0 saturated heterocycles. The average molecular weight is 362 g/mol. The number of benzene rings is 1. The van der Waals surface area contributed by atoms with Crippen molar-refractivity contribution in [3.63, 3.8) is 0 Å². The van der Waals surface area contributed by atoms with Gasteiger partial charge in [0.1, 0.15) is 5.25 Å². The number of halogens is 2. The fraction of sp³-hybridized carbons (Fsp3) is 0.429. The van der Waals surface area contributed by atoms with Crippen molar-refractivity contribution in [3.8, 4) is 11.5 Å². The van der Waals surface area contributed by atoms with Crippen LogP contribution in [0.2, 0.25) is 0 Å². The van der Waals surface area contributed by atoms with Gasteiger partial charge in [-0.15, -0.1) is 0 Å². The zero-order chi connectivity index (χ0) is 17.9. The van der Waals surface area contributed by atoms with Gasteiger partial charge < -0.3 is 14.0 Å². The van der Waals surface area contributed by atoms with Gasteiger partial charge in [0.15, 0.2) is 27.2 Å². The highest BCUT2D eigenvalue weighted by atomic mass is 32.2. The summed E-state index contributed by atoms with van der Waals surface area (Å²) in [6, 6.07) is 3.95. The third-order valence-electron chi connectivity index (χ3n) is 3.24. The lowest BCUT2D eigenvalue weighted by molar-refractivity contribution is -0.0512. The summed E-state index contributed by atoms with van der Waals surface area (Å²) in [5.74, 6) is -0.168. The van der Waals surface area contributed by atoms with E-state index in [2.05, 4.69) is 14.9 Å². The summed E-state index contributed by atoms with van der Waals surface area (Å²) >= 11 is 0. The fourth-order valence-corrected chi connectivity index (χ4v) is 3.28. The van der Waals surface area contributed by atoms with Crippen LogP contribution in [0.1, 0.15) is 29.5 Å². The number of aryl methyl sites for hydroxylation is 1. The fourth-order valence-electron chi connectivity index (χ4n) is 1.98. The van der Waals surface area contributed by atoms with Gasteiger partial charge in [-0.05, 0) is 31.5 Å². The molecule has 7 nitrogen and oxygen atoms in total. The van der Waals surface area contributed by atoms with E-state index in [0.29, 0.717) is 11.4 Å². The van der Waals surface area contributed by atoms with Gasteiger partial charge >= 0.3 is 6.61 Å². The molecule has 0 aliphatic carbocycles. The van der Waals surface area contributed by atoms with Crippen LogP contribution in [0.15, 0.2) is 22.7 Å². The van der Waals surface area contributed by atoms with Gasteiger partial charge in [0, 0.05) is 0 Å². The zero-order valence-corrected chi connectivity index (χ0v) is 14.0. The van der Waals surface area contributed by atoms with Crippen LogP contribution in [0.5, 0.6) is 11.5 Å². The Labute approximate surface area is 137 Å². The maximum absolute atomic E-state index is 12.5. The second kappa shape index (κ2) is 7.12. The van der Waals surface area contributed by atoms with E-state index in [0.717, 1.165) is 0 Å². The minimum atomic E-state index is -3.65. The molecule has 132 valence electrons. The van der Waals surface area contributed by atoms with Crippen LogP contribution >= 0.6 is 0 Å². The van der Waals surface area contributed by atoms with Gasteiger partial charge in [-0.1, -0.05) is 11.2 Å². The highest BCUT2D eigenvalue weighted by Crippen LogP contribution is 2.31. The van der Waals surface area contributed by atoms with E-state index < -0.39 is 21.7 Å². The lowest BCUT2D eigenvalue weighted by Gasteiger charge is -2.13. The Balaban J connectivity index is 2.23. The highest BCUT2D eigenvalue weighted by Gasteiger charge is 2.28. The Kier molecular flexibility index (Phi) is 5.37. The van der Waals surface area contributed by atoms with Crippen molar-refractivity contribution in [1.82, 2.24) is 10.1 Å². The van der Waals surface area contributed by atoms with E-state index in [1.807, 2.05) is 0 Å². The van der Waals surface area contributed by atoms with Gasteiger partial charge in [0.05, 0.1) is 12.9 Å². The molecule has 24 heavy (non-hydrogen) atoms. The van der Waals surface area contributed by atoms with Crippen LogP contribution < -0.4 is 9.47 Å². The first-order valence-corrected chi connectivity index (χ1v) is 8.58. The predicted octanol–water partition coefficient (Wildman–Crippen LogP) is 2.66. The summed E-state index contributed by atoms with van der Waals surface area (Å²) in [5.41, 5.74) is 0.358. The highest BCUT2D eigenvalue weighted by molar-refractivity contribution is 7.90. The van der Waals surface area contributed by atoms with Gasteiger partial charge in [-0.2, -0.15) is 13.8 Å². The topological polar surface area (TPSA) is 91.5 Å². The van der Waals surface area contributed by atoms with Crippen LogP contribution in [0.25, 0.3) is 0 Å². The van der Waals surface area contributed by atoms with E-state index in [1.165, 1.54) is 32.2 Å².